The highest BCUT2D eigenvalue weighted by Crippen LogP contribution is 2.41. The number of nitrogens with zero attached hydrogens (tertiary/aromatic N) is 3. The van der Waals surface area contributed by atoms with Gasteiger partial charge >= 0.3 is 0 Å². The first-order chi connectivity index (χ1) is 9.10. The molecule has 1 heterocycles. The standard InChI is InChI=1S/C15H24N4/c1-9-7-12(9)8-19(4)15-10(2)13(16-3)17-14(18-15)11-5-6-11/h9,11-12H,5-8H2,1-4H3,(H,16,17,18). The monoisotopic (exact) mass is 260 g/mol. The van der Waals surface area contributed by atoms with Gasteiger partial charge in [0.05, 0.1) is 0 Å². The second-order valence-electron chi connectivity index (χ2n) is 6.26. The van der Waals surface area contributed by atoms with Gasteiger partial charge in [-0.2, -0.15) is 0 Å². The Labute approximate surface area is 115 Å². The summed E-state index contributed by atoms with van der Waals surface area (Å²) < 4.78 is 0. The van der Waals surface area contributed by atoms with Crippen LogP contribution < -0.4 is 10.2 Å². The molecule has 2 atom stereocenters. The summed E-state index contributed by atoms with van der Waals surface area (Å²) in [5.41, 5.74) is 1.17. The van der Waals surface area contributed by atoms with E-state index in [0.717, 1.165) is 35.8 Å². The molecule has 1 aromatic heterocycles. The Morgan fingerprint density at radius 2 is 2.00 bits per heavy atom. The molecule has 2 aliphatic carbocycles. The second-order valence-corrected chi connectivity index (χ2v) is 6.26. The maximum absolute atomic E-state index is 4.82. The van der Waals surface area contributed by atoms with Crippen molar-refractivity contribution in [3.05, 3.63) is 11.4 Å². The van der Waals surface area contributed by atoms with Crippen LogP contribution in [0.5, 0.6) is 0 Å². The highest BCUT2D eigenvalue weighted by Gasteiger charge is 2.34. The zero-order valence-electron chi connectivity index (χ0n) is 12.4. The number of anilines is 2. The van der Waals surface area contributed by atoms with Crippen molar-refractivity contribution < 1.29 is 0 Å². The minimum atomic E-state index is 0.597. The van der Waals surface area contributed by atoms with Crippen molar-refractivity contribution in [2.45, 2.75) is 39.0 Å². The molecular formula is C15H24N4. The van der Waals surface area contributed by atoms with Crippen LogP contribution >= 0.6 is 0 Å². The molecule has 19 heavy (non-hydrogen) atoms. The fourth-order valence-corrected chi connectivity index (χ4v) is 2.75. The van der Waals surface area contributed by atoms with Crippen LogP contribution in [-0.2, 0) is 0 Å². The number of hydrogen-bond donors (Lipinski definition) is 1. The third-order valence-electron chi connectivity index (χ3n) is 4.46. The Morgan fingerprint density at radius 1 is 1.32 bits per heavy atom. The van der Waals surface area contributed by atoms with E-state index in [2.05, 4.69) is 36.1 Å². The van der Waals surface area contributed by atoms with Crippen molar-refractivity contribution in [3.8, 4) is 0 Å². The van der Waals surface area contributed by atoms with Gasteiger partial charge in [0.25, 0.3) is 0 Å². The molecule has 0 spiro atoms. The van der Waals surface area contributed by atoms with E-state index in [0.29, 0.717) is 5.92 Å². The fraction of sp³-hybridized carbons (Fsp3) is 0.733. The zero-order chi connectivity index (χ0) is 13.6. The molecule has 0 aromatic carbocycles. The van der Waals surface area contributed by atoms with Gasteiger partial charge in [-0.05, 0) is 38.0 Å². The van der Waals surface area contributed by atoms with Gasteiger partial charge in [0.1, 0.15) is 17.5 Å². The molecule has 0 bridgehead atoms. The second kappa shape index (κ2) is 4.66. The highest BCUT2D eigenvalue weighted by atomic mass is 15.2. The number of nitrogens with one attached hydrogen (secondary N) is 1. The maximum atomic E-state index is 4.82. The lowest BCUT2D eigenvalue weighted by Crippen LogP contribution is -2.24. The number of rotatable bonds is 5. The van der Waals surface area contributed by atoms with Crippen molar-refractivity contribution in [3.63, 3.8) is 0 Å². The summed E-state index contributed by atoms with van der Waals surface area (Å²) in [6.07, 6.45) is 3.85. The van der Waals surface area contributed by atoms with Crippen LogP contribution in [0.15, 0.2) is 0 Å². The summed E-state index contributed by atoms with van der Waals surface area (Å²) in [7, 11) is 4.11. The Morgan fingerprint density at radius 3 is 2.53 bits per heavy atom. The van der Waals surface area contributed by atoms with Crippen LogP contribution in [0.25, 0.3) is 0 Å². The predicted octanol–water partition coefficient (Wildman–Crippen LogP) is 2.80. The van der Waals surface area contributed by atoms with Gasteiger partial charge < -0.3 is 10.2 Å². The first-order valence-corrected chi connectivity index (χ1v) is 7.37. The molecule has 2 saturated carbocycles. The Bertz CT molecular complexity index is 481. The van der Waals surface area contributed by atoms with Gasteiger partial charge in [0.2, 0.25) is 0 Å². The summed E-state index contributed by atoms with van der Waals surface area (Å²) in [5.74, 6) is 5.46. The minimum absolute atomic E-state index is 0.597. The average Bonchev–Trinajstić information content (AvgIpc) is 3.28. The minimum Gasteiger partial charge on any atom is -0.373 e. The smallest absolute Gasteiger partial charge is 0.137 e. The van der Waals surface area contributed by atoms with Crippen molar-refractivity contribution in [2.24, 2.45) is 11.8 Å². The highest BCUT2D eigenvalue weighted by molar-refractivity contribution is 5.58. The van der Waals surface area contributed by atoms with Crippen molar-refractivity contribution in [2.75, 3.05) is 30.9 Å². The van der Waals surface area contributed by atoms with Crippen molar-refractivity contribution >= 4 is 11.6 Å². The molecular weight excluding hydrogens is 236 g/mol. The Hall–Kier alpha value is -1.32. The molecule has 4 nitrogen and oxygen atoms in total. The van der Waals surface area contributed by atoms with E-state index in [1.54, 1.807) is 0 Å². The van der Waals surface area contributed by atoms with Gasteiger partial charge in [0.15, 0.2) is 0 Å². The molecule has 3 rings (SSSR count). The van der Waals surface area contributed by atoms with E-state index in [1.807, 2.05) is 7.05 Å². The lowest BCUT2D eigenvalue weighted by Gasteiger charge is -2.22. The van der Waals surface area contributed by atoms with Gasteiger partial charge in [-0.15, -0.1) is 0 Å². The van der Waals surface area contributed by atoms with Crippen molar-refractivity contribution in [1.29, 1.82) is 0 Å². The number of aromatic nitrogens is 2. The van der Waals surface area contributed by atoms with Crippen LogP contribution in [0.1, 0.15) is 43.5 Å². The maximum Gasteiger partial charge on any atom is 0.137 e. The fourth-order valence-electron chi connectivity index (χ4n) is 2.75. The van der Waals surface area contributed by atoms with E-state index in [-0.39, 0.29) is 0 Å². The molecule has 2 unspecified atom stereocenters. The van der Waals surface area contributed by atoms with Gasteiger partial charge in [0, 0.05) is 32.1 Å². The van der Waals surface area contributed by atoms with Gasteiger partial charge in [-0.25, -0.2) is 9.97 Å². The summed E-state index contributed by atoms with van der Waals surface area (Å²) in [6, 6.07) is 0. The number of hydrogen-bond acceptors (Lipinski definition) is 4. The molecule has 104 valence electrons. The van der Waals surface area contributed by atoms with E-state index < -0.39 is 0 Å². The summed E-state index contributed by atoms with van der Waals surface area (Å²) in [4.78, 5) is 11.8. The molecule has 2 fully saturated rings. The molecule has 2 aliphatic rings. The predicted molar refractivity (Wildman–Crippen MR) is 78.8 cm³/mol. The van der Waals surface area contributed by atoms with E-state index in [1.165, 1.54) is 24.8 Å². The van der Waals surface area contributed by atoms with E-state index in [9.17, 15) is 0 Å². The third kappa shape index (κ3) is 2.53. The van der Waals surface area contributed by atoms with Crippen LogP contribution in [0.2, 0.25) is 0 Å². The quantitative estimate of drug-likeness (QED) is 0.884. The first-order valence-electron chi connectivity index (χ1n) is 7.37. The third-order valence-corrected chi connectivity index (χ3v) is 4.46. The molecule has 0 amide bonds. The zero-order valence-corrected chi connectivity index (χ0v) is 12.4. The molecule has 1 aromatic rings. The van der Waals surface area contributed by atoms with E-state index >= 15 is 0 Å². The molecule has 0 aliphatic heterocycles. The van der Waals surface area contributed by atoms with E-state index in [4.69, 9.17) is 4.98 Å². The Kier molecular flexibility index (Phi) is 3.11. The van der Waals surface area contributed by atoms with Crippen LogP contribution in [0, 0.1) is 18.8 Å². The summed E-state index contributed by atoms with van der Waals surface area (Å²) in [6.45, 7) is 5.57. The average molecular weight is 260 g/mol. The van der Waals surface area contributed by atoms with Crippen LogP contribution in [0.3, 0.4) is 0 Å². The van der Waals surface area contributed by atoms with Crippen LogP contribution in [0.4, 0.5) is 11.6 Å². The summed E-state index contributed by atoms with van der Waals surface area (Å²) >= 11 is 0. The largest absolute Gasteiger partial charge is 0.373 e. The topological polar surface area (TPSA) is 41.1 Å². The normalized spacial score (nSPS) is 25.3. The van der Waals surface area contributed by atoms with Gasteiger partial charge in [-0.3, -0.25) is 0 Å². The van der Waals surface area contributed by atoms with Crippen LogP contribution in [-0.4, -0.2) is 30.6 Å². The first kappa shape index (κ1) is 12.7. The van der Waals surface area contributed by atoms with Gasteiger partial charge in [-0.1, -0.05) is 6.92 Å². The lowest BCUT2D eigenvalue weighted by atomic mass is 10.2. The molecule has 1 N–H and O–H groups in total. The lowest BCUT2D eigenvalue weighted by molar-refractivity contribution is 0.713. The molecule has 0 radical (unpaired) electrons. The van der Waals surface area contributed by atoms with Crippen molar-refractivity contribution in [1.82, 2.24) is 9.97 Å². The summed E-state index contributed by atoms with van der Waals surface area (Å²) in [5, 5.41) is 3.21. The molecule has 0 saturated heterocycles. The molecule has 4 heteroatoms. The SMILES string of the molecule is CNc1nc(C2CC2)nc(N(C)CC2CC2C)c1C. The Balaban J connectivity index is 1.86.